The minimum absolute atomic E-state index is 0.0117. The van der Waals surface area contributed by atoms with Crippen LogP contribution >= 0.6 is 0 Å². The van der Waals surface area contributed by atoms with Crippen molar-refractivity contribution in [3.63, 3.8) is 0 Å². The number of rotatable bonds is 4. The van der Waals surface area contributed by atoms with Gasteiger partial charge in [0.2, 0.25) is 11.8 Å². The SMILES string of the molecule is COc1cccc(CCC(=O)N2CCNC(=O)C2(C)C)c1. The summed E-state index contributed by atoms with van der Waals surface area (Å²) < 4.78 is 5.18. The van der Waals surface area contributed by atoms with Crippen LogP contribution in [0, 0.1) is 0 Å². The van der Waals surface area contributed by atoms with Gasteiger partial charge in [-0.1, -0.05) is 12.1 Å². The zero-order valence-corrected chi connectivity index (χ0v) is 12.8. The Hall–Kier alpha value is -2.04. The maximum Gasteiger partial charge on any atom is 0.245 e. The van der Waals surface area contributed by atoms with Gasteiger partial charge in [-0.3, -0.25) is 9.59 Å². The van der Waals surface area contributed by atoms with Crippen molar-refractivity contribution >= 4 is 11.8 Å². The summed E-state index contributed by atoms with van der Waals surface area (Å²) in [4.78, 5) is 25.9. The Morgan fingerprint density at radius 1 is 1.43 bits per heavy atom. The summed E-state index contributed by atoms with van der Waals surface area (Å²) in [5, 5.41) is 2.80. The third-order valence-corrected chi connectivity index (χ3v) is 3.91. The number of hydrogen-bond acceptors (Lipinski definition) is 3. The highest BCUT2D eigenvalue weighted by Crippen LogP contribution is 2.20. The average molecular weight is 290 g/mol. The van der Waals surface area contributed by atoms with E-state index in [1.165, 1.54) is 0 Å². The lowest BCUT2D eigenvalue weighted by atomic mass is 9.97. The highest BCUT2D eigenvalue weighted by molar-refractivity contribution is 5.91. The van der Waals surface area contributed by atoms with Crippen molar-refractivity contribution in [2.45, 2.75) is 32.2 Å². The monoisotopic (exact) mass is 290 g/mol. The highest BCUT2D eigenvalue weighted by Gasteiger charge is 2.39. The van der Waals surface area contributed by atoms with Gasteiger partial charge in [0.15, 0.2) is 0 Å². The van der Waals surface area contributed by atoms with Crippen LogP contribution in [-0.2, 0) is 16.0 Å². The number of nitrogens with one attached hydrogen (secondary N) is 1. The Bertz CT molecular complexity index is 540. The predicted molar refractivity (Wildman–Crippen MR) is 80.1 cm³/mol. The third kappa shape index (κ3) is 3.35. The summed E-state index contributed by atoms with van der Waals surface area (Å²) in [6.45, 7) is 4.65. The normalized spacial score (nSPS) is 17.3. The van der Waals surface area contributed by atoms with Crippen molar-refractivity contribution in [1.29, 1.82) is 0 Å². The minimum atomic E-state index is -0.774. The van der Waals surface area contributed by atoms with Crippen LogP contribution in [0.1, 0.15) is 25.8 Å². The van der Waals surface area contributed by atoms with Gasteiger partial charge in [0.1, 0.15) is 11.3 Å². The fraction of sp³-hybridized carbons (Fsp3) is 0.500. The topological polar surface area (TPSA) is 58.6 Å². The van der Waals surface area contributed by atoms with Crippen LogP contribution in [0.15, 0.2) is 24.3 Å². The van der Waals surface area contributed by atoms with Gasteiger partial charge in [-0.25, -0.2) is 0 Å². The van der Waals surface area contributed by atoms with Crippen LogP contribution in [0.2, 0.25) is 0 Å². The first-order chi connectivity index (χ1) is 9.95. The van der Waals surface area contributed by atoms with Crippen molar-refractivity contribution < 1.29 is 14.3 Å². The molecule has 5 heteroatoms. The molecule has 1 aromatic rings. The van der Waals surface area contributed by atoms with Crippen molar-refractivity contribution in [2.75, 3.05) is 20.2 Å². The first kappa shape index (κ1) is 15.4. The first-order valence-electron chi connectivity index (χ1n) is 7.17. The fourth-order valence-corrected chi connectivity index (χ4v) is 2.55. The Labute approximate surface area is 125 Å². The van der Waals surface area contributed by atoms with Gasteiger partial charge in [0, 0.05) is 19.5 Å². The van der Waals surface area contributed by atoms with Crippen LogP contribution in [-0.4, -0.2) is 42.5 Å². The molecule has 0 atom stereocenters. The zero-order chi connectivity index (χ0) is 15.5. The van der Waals surface area contributed by atoms with Gasteiger partial charge in [0.25, 0.3) is 0 Å². The summed E-state index contributed by atoms with van der Waals surface area (Å²) in [5.41, 5.74) is 0.283. The van der Waals surface area contributed by atoms with Crippen LogP contribution in [0.25, 0.3) is 0 Å². The number of ether oxygens (including phenoxy) is 1. The molecule has 0 unspecified atom stereocenters. The molecule has 0 bridgehead atoms. The molecule has 0 aliphatic carbocycles. The Morgan fingerprint density at radius 2 is 2.19 bits per heavy atom. The van der Waals surface area contributed by atoms with E-state index in [2.05, 4.69) is 5.32 Å². The van der Waals surface area contributed by atoms with E-state index in [-0.39, 0.29) is 11.8 Å². The van der Waals surface area contributed by atoms with Crippen molar-refractivity contribution in [1.82, 2.24) is 10.2 Å². The molecule has 1 saturated heterocycles. The molecule has 0 aromatic heterocycles. The van der Waals surface area contributed by atoms with E-state index in [1.807, 2.05) is 24.3 Å². The van der Waals surface area contributed by atoms with Gasteiger partial charge in [0.05, 0.1) is 7.11 Å². The largest absolute Gasteiger partial charge is 0.497 e. The van der Waals surface area contributed by atoms with Crippen LogP contribution in [0.3, 0.4) is 0 Å². The minimum Gasteiger partial charge on any atom is -0.497 e. The lowest BCUT2D eigenvalue weighted by Crippen LogP contribution is -2.63. The zero-order valence-electron chi connectivity index (χ0n) is 12.8. The molecule has 1 N–H and O–H groups in total. The molecule has 2 rings (SSSR count). The van der Waals surface area contributed by atoms with Gasteiger partial charge in [-0.2, -0.15) is 0 Å². The molecule has 1 fully saturated rings. The molecular formula is C16H22N2O3. The quantitative estimate of drug-likeness (QED) is 0.911. The molecular weight excluding hydrogens is 268 g/mol. The Balaban J connectivity index is 1.99. The molecule has 2 amide bonds. The molecule has 1 heterocycles. The van der Waals surface area contributed by atoms with Gasteiger partial charge >= 0.3 is 0 Å². The van der Waals surface area contributed by atoms with E-state index in [0.717, 1.165) is 11.3 Å². The molecule has 0 saturated carbocycles. The highest BCUT2D eigenvalue weighted by atomic mass is 16.5. The van der Waals surface area contributed by atoms with E-state index in [9.17, 15) is 9.59 Å². The van der Waals surface area contributed by atoms with Gasteiger partial charge < -0.3 is 15.0 Å². The van der Waals surface area contributed by atoms with Crippen molar-refractivity contribution in [2.24, 2.45) is 0 Å². The van der Waals surface area contributed by atoms with Crippen molar-refractivity contribution in [3.8, 4) is 5.75 Å². The maximum atomic E-state index is 12.4. The second-order valence-corrected chi connectivity index (χ2v) is 5.71. The van der Waals surface area contributed by atoms with E-state index in [1.54, 1.807) is 25.9 Å². The lowest BCUT2D eigenvalue weighted by molar-refractivity contribution is -0.149. The number of methoxy groups -OCH3 is 1. The van der Waals surface area contributed by atoms with E-state index >= 15 is 0 Å². The standard InChI is InChI=1S/C16H22N2O3/c1-16(2)15(20)17-9-10-18(16)14(19)8-7-12-5-4-6-13(11-12)21-3/h4-6,11H,7-10H2,1-3H3,(H,17,20). The summed E-state index contributed by atoms with van der Waals surface area (Å²) in [5.74, 6) is 0.707. The molecule has 0 radical (unpaired) electrons. The van der Waals surface area contributed by atoms with Crippen LogP contribution < -0.4 is 10.1 Å². The number of piperazine rings is 1. The maximum absolute atomic E-state index is 12.4. The Kier molecular flexibility index (Phi) is 4.50. The number of hydrogen-bond donors (Lipinski definition) is 1. The predicted octanol–water partition coefficient (Wildman–Crippen LogP) is 1.36. The number of nitrogens with zero attached hydrogens (tertiary/aromatic N) is 1. The molecule has 1 aliphatic rings. The molecule has 114 valence electrons. The van der Waals surface area contributed by atoms with Gasteiger partial charge in [-0.15, -0.1) is 0 Å². The fourth-order valence-electron chi connectivity index (χ4n) is 2.55. The van der Waals surface area contributed by atoms with E-state index in [4.69, 9.17) is 4.74 Å². The molecule has 5 nitrogen and oxygen atoms in total. The molecule has 1 aliphatic heterocycles. The van der Waals surface area contributed by atoms with Gasteiger partial charge in [-0.05, 0) is 38.0 Å². The third-order valence-electron chi connectivity index (χ3n) is 3.91. The number of aryl methyl sites for hydroxylation is 1. The Morgan fingerprint density at radius 3 is 2.90 bits per heavy atom. The van der Waals surface area contributed by atoms with Crippen LogP contribution in [0.4, 0.5) is 0 Å². The summed E-state index contributed by atoms with van der Waals surface area (Å²) in [6.07, 6.45) is 1.04. The summed E-state index contributed by atoms with van der Waals surface area (Å²) in [6, 6.07) is 7.70. The van der Waals surface area contributed by atoms with E-state index in [0.29, 0.717) is 25.9 Å². The van der Waals surface area contributed by atoms with Crippen LogP contribution in [0.5, 0.6) is 5.75 Å². The molecule has 1 aromatic carbocycles. The number of amides is 2. The first-order valence-corrected chi connectivity index (χ1v) is 7.17. The lowest BCUT2D eigenvalue weighted by Gasteiger charge is -2.41. The second-order valence-electron chi connectivity index (χ2n) is 5.71. The molecule has 0 spiro atoms. The second kappa shape index (κ2) is 6.16. The number of benzene rings is 1. The number of carbonyl (C=O) groups excluding carboxylic acids is 2. The summed E-state index contributed by atoms with van der Waals surface area (Å²) >= 11 is 0. The number of carbonyl (C=O) groups is 2. The molecule has 21 heavy (non-hydrogen) atoms. The smallest absolute Gasteiger partial charge is 0.245 e. The summed E-state index contributed by atoms with van der Waals surface area (Å²) in [7, 11) is 1.62. The van der Waals surface area contributed by atoms with Crippen molar-refractivity contribution in [3.05, 3.63) is 29.8 Å². The van der Waals surface area contributed by atoms with E-state index < -0.39 is 5.54 Å². The average Bonchev–Trinajstić information content (AvgIpc) is 2.48.